The third-order valence-corrected chi connectivity index (χ3v) is 4.70. The molecule has 1 N–H and O–H groups in total. The number of amides is 1. The molecule has 30 heavy (non-hydrogen) atoms. The van der Waals surface area contributed by atoms with Crippen molar-refractivity contribution in [2.24, 2.45) is 5.10 Å². The molecule has 0 atom stereocenters. The Balaban J connectivity index is 1.62. The summed E-state index contributed by atoms with van der Waals surface area (Å²) in [5.41, 5.74) is 3.90. The van der Waals surface area contributed by atoms with Gasteiger partial charge in [0.25, 0.3) is 5.91 Å². The second-order valence-electron chi connectivity index (χ2n) is 6.10. The fourth-order valence-electron chi connectivity index (χ4n) is 2.73. The van der Waals surface area contributed by atoms with Gasteiger partial charge in [-0.1, -0.05) is 18.2 Å². The van der Waals surface area contributed by atoms with Crippen LogP contribution in [0.25, 0.3) is 10.9 Å². The van der Waals surface area contributed by atoms with Gasteiger partial charge in [0, 0.05) is 21.6 Å². The van der Waals surface area contributed by atoms with Crippen LogP contribution in [0.3, 0.4) is 0 Å². The van der Waals surface area contributed by atoms with Crippen molar-refractivity contribution in [2.75, 3.05) is 19.8 Å². The number of ether oxygens (including phenoxy) is 3. The molecule has 3 aromatic rings. The summed E-state index contributed by atoms with van der Waals surface area (Å²) in [5, 5.41) is 4.95. The summed E-state index contributed by atoms with van der Waals surface area (Å²) in [6.07, 6.45) is 3.21. The van der Waals surface area contributed by atoms with E-state index in [0.29, 0.717) is 36.0 Å². The number of rotatable bonds is 9. The third-order valence-electron chi connectivity index (χ3n) is 4.01. The molecule has 3 rings (SSSR count). The number of hydrogen-bond donors (Lipinski definition) is 1. The monoisotopic (exact) mass is 471 g/mol. The van der Waals surface area contributed by atoms with E-state index in [2.05, 4.69) is 31.4 Å². The van der Waals surface area contributed by atoms with Crippen LogP contribution in [0.2, 0.25) is 0 Å². The highest BCUT2D eigenvalue weighted by atomic mass is 79.9. The lowest BCUT2D eigenvalue weighted by Gasteiger charge is -2.12. The molecule has 1 heterocycles. The number of carbonyl (C=O) groups excluding carboxylic acids is 1. The van der Waals surface area contributed by atoms with Crippen molar-refractivity contribution in [3.05, 3.63) is 58.7 Å². The van der Waals surface area contributed by atoms with Crippen molar-refractivity contribution in [3.8, 4) is 17.2 Å². The minimum Gasteiger partial charge on any atom is -0.490 e. The largest absolute Gasteiger partial charge is 0.490 e. The molecule has 8 heteroatoms. The van der Waals surface area contributed by atoms with E-state index in [1.165, 1.54) is 6.21 Å². The number of nitrogens with zero attached hydrogens (tertiary/aromatic N) is 2. The van der Waals surface area contributed by atoms with Crippen molar-refractivity contribution < 1.29 is 19.0 Å². The van der Waals surface area contributed by atoms with E-state index in [1.807, 2.05) is 44.2 Å². The molecular formula is C22H22BrN3O4. The van der Waals surface area contributed by atoms with Crippen LogP contribution in [-0.4, -0.2) is 36.9 Å². The Labute approximate surface area is 183 Å². The van der Waals surface area contributed by atoms with Crippen LogP contribution >= 0.6 is 15.9 Å². The van der Waals surface area contributed by atoms with E-state index in [4.69, 9.17) is 14.2 Å². The molecule has 0 radical (unpaired) electrons. The van der Waals surface area contributed by atoms with Crippen molar-refractivity contribution in [2.45, 2.75) is 13.8 Å². The van der Waals surface area contributed by atoms with Gasteiger partial charge >= 0.3 is 0 Å². The molecule has 1 amide bonds. The Morgan fingerprint density at radius 1 is 1.07 bits per heavy atom. The fourth-order valence-corrected chi connectivity index (χ4v) is 3.15. The number of fused-ring (bicyclic) bond motifs is 1. The van der Waals surface area contributed by atoms with Gasteiger partial charge in [-0.15, -0.1) is 0 Å². The Morgan fingerprint density at radius 3 is 2.57 bits per heavy atom. The molecule has 0 aliphatic heterocycles. The van der Waals surface area contributed by atoms with E-state index < -0.39 is 0 Å². The third kappa shape index (κ3) is 5.48. The van der Waals surface area contributed by atoms with E-state index >= 15 is 0 Å². The number of halogens is 1. The number of benzene rings is 2. The maximum absolute atomic E-state index is 12.1. The molecule has 0 spiro atoms. The topological polar surface area (TPSA) is 82.0 Å². The van der Waals surface area contributed by atoms with Crippen LogP contribution in [0.5, 0.6) is 17.2 Å². The van der Waals surface area contributed by atoms with Crippen LogP contribution in [-0.2, 0) is 4.79 Å². The average molecular weight is 472 g/mol. The minimum absolute atomic E-state index is 0.179. The highest BCUT2D eigenvalue weighted by Crippen LogP contribution is 2.33. The lowest BCUT2D eigenvalue weighted by molar-refractivity contribution is -0.123. The number of nitrogens with one attached hydrogen (secondary N) is 1. The summed E-state index contributed by atoms with van der Waals surface area (Å²) in [4.78, 5) is 16.4. The van der Waals surface area contributed by atoms with Gasteiger partial charge in [-0.2, -0.15) is 5.10 Å². The first-order valence-electron chi connectivity index (χ1n) is 9.50. The Morgan fingerprint density at radius 2 is 1.80 bits per heavy atom. The summed E-state index contributed by atoms with van der Waals surface area (Å²) in [5.74, 6) is 1.42. The van der Waals surface area contributed by atoms with Crippen LogP contribution in [0.4, 0.5) is 0 Å². The zero-order valence-electron chi connectivity index (χ0n) is 16.7. The highest BCUT2D eigenvalue weighted by molar-refractivity contribution is 9.10. The van der Waals surface area contributed by atoms with Gasteiger partial charge in [-0.3, -0.25) is 9.78 Å². The molecule has 156 valence electrons. The van der Waals surface area contributed by atoms with E-state index in [1.54, 1.807) is 18.3 Å². The van der Waals surface area contributed by atoms with Gasteiger partial charge in [0.05, 0.1) is 19.4 Å². The van der Waals surface area contributed by atoms with Crippen LogP contribution in [0.15, 0.2) is 58.2 Å². The van der Waals surface area contributed by atoms with Crippen molar-refractivity contribution in [1.29, 1.82) is 0 Å². The summed E-state index contributed by atoms with van der Waals surface area (Å²) in [6.45, 7) is 4.67. The van der Waals surface area contributed by atoms with Gasteiger partial charge in [0.2, 0.25) is 0 Å². The summed E-state index contributed by atoms with van der Waals surface area (Å²) in [6, 6.07) is 13.0. The van der Waals surface area contributed by atoms with Gasteiger partial charge in [-0.25, -0.2) is 5.43 Å². The van der Waals surface area contributed by atoms with Crippen LogP contribution < -0.4 is 19.6 Å². The molecule has 0 unspecified atom stereocenters. The molecule has 0 saturated carbocycles. The predicted octanol–water partition coefficient (Wildman–Crippen LogP) is 4.32. The molecular weight excluding hydrogens is 450 g/mol. The molecule has 0 fully saturated rings. The number of pyridine rings is 1. The Hall–Kier alpha value is -3.13. The smallest absolute Gasteiger partial charge is 0.277 e. The van der Waals surface area contributed by atoms with Gasteiger partial charge in [-0.05, 0) is 54.0 Å². The van der Waals surface area contributed by atoms with Gasteiger partial charge in [0.1, 0.15) is 11.3 Å². The summed E-state index contributed by atoms with van der Waals surface area (Å²) < 4.78 is 17.6. The number of para-hydroxylation sites is 1. The molecule has 0 aliphatic rings. The van der Waals surface area contributed by atoms with Crippen LogP contribution in [0, 0.1) is 0 Å². The van der Waals surface area contributed by atoms with E-state index in [9.17, 15) is 4.79 Å². The Kier molecular flexibility index (Phi) is 7.62. The number of hydrogen-bond acceptors (Lipinski definition) is 6. The zero-order chi connectivity index (χ0) is 21.3. The SMILES string of the molecule is CCOc1cc(Br)c(/C=N\NC(=O)COc2cccc3cccnc23)cc1OCC. The minimum atomic E-state index is -0.383. The van der Waals surface area contributed by atoms with Crippen molar-refractivity contribution >= 4 is 39.0 Å². The molecule has 1 aromatic heterocycles. The van der Waals surface area contributed by atoms with Crippen LogP contribution in [0.1, 0.15) is 19.4 Å². The molecule has 2 aromatic carbocycles. The molecule has 7 nitrogen and oxygen atoms in total. The summed E-state index contributed by atoms with van der Waals surface area (Å²) in [7, 11) is 0. The van der Waals surface area contributed by atoms with Gasteiger partial charge in [0.15, 0.2) is 18.1 Å². The van der Waals surface area contributed by atoms with E-state index in [-0.39, 0.29) is 12.5 Å². The quantitative estimate of drug-likeness (QED) is 0.371. The normalized spacial score (nSPS) is 10.9. The summed E-state index contributed by atoms with van der Waals surface area (Å²) >= 11 is 3.48. The highest BCUT2D eigenvalue weighted by Gasteiger charge is 2.10. The number of aromatic nitrogens is 1. The second kappa shape index (κ2) is 10.6. The average Bonchev–Trinajstić information content (AvgIpc) is 2.75. The molecule has 0 bridgehead atoms. The fraction of sp³-hybridized carbons (Fsp3) is 0.227. The first-order chi connectivity index (χ1) is 14.6. The lowest BCUT2D eigenvalue weighted by Crippen LogP contribution is -2.24. The maximum atomic E-state index is 12.1. The zero-order valence-corrected chi connectivity index (χ0v) is 18.3. The van der Waals surface area contributed by atoms with Crippen molar-refractivity contribution in [3.63, 3.8) is 0 Å². The first kappa shape index (κ1) is 21.6. The lowest BCUT2D eigenvalue weighted by atomic mass is 10.2. The standard InChI is InChI=1S/C22H22BrN3O4/c1-3-28-19-11-16(17(23)12-20(19)29-4-2)13-25-26-21(27)14-30-18-9-5-7-15-8-6-10-24-22(15)18/h5-13H,3-4,14H2,1-2H3,(H,26,27)/b25-13-. The second-order valence-corrected chi connectivity index (χ2v) is 6.95. The van der Waals surface area contributed by atoms with E-state index in [0.717, 1.165) is 15.4 Å². The predicted molar refractivity (Wildman–Crippen MR) is 119 cm³/mol. The number of hydrazone groups is 1. The number of carbonyl (C=O) groups is 1. The molecule has 0 saturated heterocycles. The maximum Gasteiger partial charge on any atom is 0.277 e. The first-order valence-corrected chi connectivity index (χ1v) is 10.3. The van der Waals surface area contributed by atoms with Crippen molar-refractivity contribution in [1.82, 2.24) is 10.4 Å². The Bertz CT molecular complexity index is 1050. The van der Waals surface area contributed by atoms with Gasteiger partial charge < -0.3 is 14.2 Å². The molecule has 0 aliphatic carbocycles.